The molecule has 0 aliphatic heterocycles. The van der Waals surface area contributed by atoms with E-state index in [-0.39, 0.29) is 19.1 Å². The van der Waals surface area contributed by atoms with Gasteiger partial charge in [0.15, 0.2) is 4.98 Å². The van der Waals surface area contributed by atoms with Gasteiger partial charge in [0, 0.05) is 5.69 Å². The monoisotopic (exact) mass is 185 g/mol. The third-order valence-electron chi connectivity index (χ3n) is 1.17. The van der Waals surface area contributed by atoms with E-state index in [1.165, 1.54) is 0 Å². The van der Waals surface area contributed by atoms with Crippen molar-refractivity contribution in [1.82, 2.24) is 0 Å². The first-order valence-electron chi connectivity index (χ1n) is 3.12. The Morgan fingerprint density at radius 3 is 2.42 bits per heavy atom. The highest BCUT2D eigenvalue weighted by atomic mass is 35.5. The molecule has 0 aromatic heterocycles. The number of halogens is 1. The molecule has 64 valence electrons. The van der Waals surface area contributed by atoms with Crippen LogP contribution in [0.25, 0.3) is 4.98 Å². The SMILES string of the molecule is N#[N+]COc1ccc(N)cc1.[Cl-]. The molecule has 1 aromatic rings. The van der Waals surface area contributed by atoms with Crippen molar-refractivity contribution in [3.8, 4) is 5.75 Å². The molecule has 5 heteroatoms. The number of diazo groups is 1. The third kappa shape index (κ3) is 3.08. The fourth-order valence-electron chi connectivity index (χ4n) is 0.667. The highest BCUT2D eigenvalue weighted by Gasteiger charge is 1.95. The van der Waals surface area contributed by atoms with Gasteiger partial charge in [0.2, 0.25) is 5.39 Å². The Morgan fingerprint density at radius 2 is 1.92 bits per heavy atom. The summed E-state index contributed by atoms with van der Waals surface area (Å²) in [5, 5.41) is 8.06. The zero-order valence-corrected chi connectivity index (χ0v) is 7.03. The summed E-state index contributed by atoms with van der Waals surface area (Å²) < 4.78 is 4.94. The Morgan fingerprint density at radius 1 is 1.33 bits per heavy atom. The van der Waals surface area contributed by atoms with Crippen LogP contribution in [0.2, 0.25) is 0 Å². The molecule has 0 atom stereocenters. The summed E-state index contributed by atoms with van der Waals surface area (Å²) in [5.41, 5.74) is 6.11. The van der Waals surface area contributed by atoms with E-state index in [1.807, 2.05) is 0 Å². The van der Waals surface area contributed by atoms with Gasteiger partial charge in [-0.3, -0.25) is 0 Å². The van der Waals surface area contributed by atoms with E-state index in [2.05, 4.69) is 4.98 Å². The number of nitrogen functional groups attached to an aromatic ring is 1. The van der Waals surface area contributed by atoms with Crippen LogP contribution in [0.5, 0.6) is 5.75 Å². The lowest BCUT2D eigenvalue weighted by atomic mass is 10.3. The second-order valence-corrected chi connectivity index (χ2v) is 1.98. The first kappa shape index (κ1) is 10.5. The summed E-state index contributed by atoms with van der Waals surface area (Å²) in [5.74, 6) is 0.636. The maximum atomic E-state index is 8.06. The quantitative estimate of drug-likeness (QED) is 0.449. The van der Waals surface area contributed by atoms with Gasteiger partial charge in [-0.2, -0.15) is 0 Å². The minimum absolute atomic E-state index is 0. The average Bonchev–Trinajstić information content (AvgIpc) is 2.04. The molecule has 0 saturated heterocycles. The van der Waals surface area contributed by atoms with Crippen molar-refractivity contribution in [2.75, 3.05) is 12.5 Å². The zero-order chi connectivity index (χ0) is 8.10. The number of hydrogen-bond acceptors (Lipinski definition) is 3. The molecule has 2 N–H and O–H groups in total. The minimum Gasteiger partial charge on any atom is -1.00 e. The minimum atomic E-state index is -0.0517. The van der Waals surface area contributed by atoms with Gasteiger partial charge in [0.1, 0.15) is 5.75 Å². The van der Waals surface area contributed by atoms with Crippen molar-refractivity contribution in [3.05, 3.63) is 29.2 Å². The molecular formula is C7H8ClN3O. The summed E-state index contributed by atoms with van der Waals surface area (Å²) in [4.78, 5) is 2.80. The van der Waals surface area contributed by atoms with E-state index in [9.17, 15) is 0 Å². The highest BCUT2D eigenvalue weighted by molar-refractivity contribution is 5.41. The van der Waals surface area contributed by atoms with Crippen LogP contribution in [0.1, 0.15) is 0 Å². The smallest absolute Gasteiger partial charge is 0.447 e. The molecule has 0 spiro atoms. The molecule has 0 fully saturated rings. The Hall–Kier alpha value is -1.47. The van der Waals surface area contributed by atoms with Gasteiger partial charge in [-0.05, 0) is 24.3 Å². The van der Waals surface area contributed by atoms with Crippen LogP contribution in [0.3, 0.4) is 0 Å². The lowest BCUT2D eigenvalue weighted by molar-refractivity contribution is -0.00000293. The fraction of sp³-hybridized carbons (Fsp3) is 0.143. The zero-order valence-electron chi connectivity index (χ0n) is 6.27. The number of benzene rings is 1. The molecule has 0 heterocycles. The predicted octanol–water partition coefficient (Wildman–Crippen LogP) is -1.54. The van der Waals surface area contributed by atoms with Crippen LogP contribution in [-0.4, -0.2) is 6.73 Å². The van der Waals surface area contributed by atoms with Gasteiger partial charge in [-0.25, -0.2) is 0 Å². The molecule has 0 saturated carbocycles. The molecule has 1 aromatic carbocycles. The lowest BCUT2D eigenvalue weighted by Crippen LogP contribution is -3.00. The van der Waals surface area contributed by atoms with Crippen molar-refractivity contribution in [1.29, 1.82) is 5.39 Å². The fourth-order valence-corrected chi connectivity index (χ4v) is 0.667. The van der Waals surface area contributed by atoms with Crippen LogP contribution >= 0.6 is 0 Å². The van der Waals surface area contributed by atoms with Gasteiger partial charge < -0.3 is 22.9 Å². The molecule has 0 bridgehead atoms. The van der Waals surface area contributed by atoms with Gasteiger partial charge in [0.05, 0.1) is 0 Å². The highest BCUT2D eigenvalue weighted by Crippen LogP contribution is 2.12. The van der Waals surface area contributed by atoms with Crippen LogP contribution in [-0.2, 0) is 0 Å². The summed E-state index contributed by atoms with van der Waals surface area (Å²) in [7, 11) is 0. The number of nitrogens with two attached hydrogens (primary N) is 1. The van der Waals surface area contributed by atoms with Crippen LogP contribution in [0.15, 0.2) is 24.3 Å². The molecule has 1 rings (SSSR count). The summed E-state index contributed by atoms with van der Waals surface area (Å²) in [6.07, 6.45) is 0. The average molecular weight is 186 g/mol. The molecule has 12 heavy (non-hydrogen) atoms. The first-order chi connectivity index (χ1) is 5.33. The topological polar surface area (TPSA) is 63.4 Å². The maximum Gasteiger partial charge on any atom is 0.447 e. The van der Waals surface area contributed by atoms with Crippen LogP contribution in [0.4, 0.5) is 5.69 Å². The second kappa shape index (κ2) is 5.22. The number of anilines is 1. The molecule has 0 aliphatic carbocycles. The normalized spacial score (nSPS) is 7.92. The van der Waals surface area contributed by atoms with E-state index in [0.717, 1.165) is 0 Å². The van der Waals surface area contributed by atoms with E-state index >= 15 is 0 Å². The Balaban J connectivity index is 0.00000121. The first-order valence-corrected chi connectivity index (χ1v) is 3.12. The Kier molecular flexibility index (Phi) is 4.58. The third-order valence-corrected chi connectivity index (χ3v) is 1.17. The summed E-state index contributed by atoms with van der Waals surface area (Å²) >= 11 is 0. The number of nitrogens with zero attached hydrogens (tertiary/aromatic N) is 2. The molecule has 0 radical (unpaired) electrons. The van der Waals surface area contributed by atoms with Crippen molar-refractivity contribution in [2.45, 2.75) is 0 Å². The van der Waals surface area contributed by atoms with Crippen LogP contribution < -0.4 is 22.9 Å². The molecular weight excluding hydrogens is 178 g/mol. The van der Waals surface area contributed by atoms with Gasteiger partial charge in [-0.1, -0.05) is 0 Å². The summed E-state index contributed by atoms with van der Waals surface area (Å²) in [6.45, 7) is -0.0517. The maximum absolute atomic E-state index is 8.06. The Labute approximate surface area is 76.4 Å². The molecule has 0 unspecified atom stereocenters. The van der Waals surface area contributed by atoms with Gasteiger partial charge in [-0.15, -0.1) is 0 Å². The Bertz CT molecular complexity index is 267. The molecule has 0 amide bonds. The lowest BCUT2D eigenvalue weighted by Gasteiger charge is -1.95. The van der Waals surface area contributed by atoms with Crippen molar-refractivity contribution >= 4 is 5.69 Å². The second-order valence-electron chi connectivity index (χ2n) is 1.98. The van der Waals surface area contributed by atoms with Crippen molar-refractivity contribution in [3.63, 3.8) is 0 Å². The van der Waals surface area contributed by atoms with Gasteiger partial charge >= 0.3 is 6.73 Å². The number of hydrogen-bond donors (Lipinski definition) is 1. The molecule has 4 nitrogen and oxygen atoms in total. The summed E-state index contributed by atoms with van der Waals surface area (Å²) in [6, 6.07) is 6.85. The number of rotatable bonds is 2. The standard InChI is InChI=1S/C7H8N3O.ClH/c8-6-1-3-7(4-2-6)11-5-10-9;/h1-4H,5,8H2;1H/q+1;/p-1. The van der Waals surface area contributed by atoms with E-state index < -0.39 is 0 Å². The van der Waals surface area contributed by atoms with E-state index in [1.54, 1.807) is 24.3 Å². The van der Waals surface area contributed by atoms with Crippen LogP contribution in [0, 0.1) is 5.39 Å². The van der Waals surface area contributed by atoms with E-state index in [0.29, 0.717) is 11.4 Å². The largest absolute Gasteiger partial charge is 1.00 e. The molecule has 0 aliphatic rings. The van der Waals surface area contributed by atoms with Crippen molar-refractivity contribution < 1.29 is 17.1 Å². The predicted molar refractivity (Wildman–Crippen MR) is 41.4 cm³/mol. The van der Waals surface area contributed by atoms with E-state index in [4.69, 9.17) is 15.9 Å². The van der Waals surface area contributed by atoms with Gasteiger partial charge in [0.25, 0.3) is 0 Å². The van der Waals surface area contributed by atoms with Crippen molar-refractivity contribution in [2.24, 2.45) is 0 Å². The number of ether oxygens (including phenoxy) is 1.